The molecule has 0 bridgehead atoms. The summed E-state index contributed by atoms with van der Waals surface area (Å²) in [4.78, 5) is 17.1. The second kappa shape index (κ2) is 31.1. The standard InChI is InChI=1S/C35H72N2O/c1-5-8-11-14-17-18-19-22-25-28-31-37(34-35(4)38)33-32-36(29-26-23-20-15-12-9-6-2)30-27-24-21-16-13-10-7-3/h5-34H2,1-4H3. The normalized spacial score (nSPS) is 11.7. The van der Waals surface area contributed by atoms with Crippen LogP contribution in [0.1, 0.15) is 182 Å². The van der Waals surface area contributed by atoms with E-state index in [1.807, 2.05) is 0 Å². The third-order valence-corrected chi connectivity index (χ3v) is 8.16. The van der Waals surface area contributed by atoms with Gasteiger partial charge in [-0.2, -0.15) is 0 Å². The Morgan fingerprint density at radius 2 is 0.632 bits per heavy atom. The summed E-state index contributed by atoms with van der Waals surface area (Å²) in [6.45, 7) is 15.1. The minimum atomic E-state index is 0.322. The highest BCUT2D eigenvalue weighted by atomic mass is 16.1. The van der Waals surface area contributed by atoms with Crippen LogP contribution in [0, 0.1) is 0 Å². The lowest BCUT2D eigenvalue weighted by Gasteiger charge is -2.27. The molecular formula is C35H72N2O. The smallest absolute Gasteiger partial charge is 0.143 e. The quantitative estimate of drug-likeness (QED) is 0.0799. The zero-order chi connectivity index (χ0) is 27.9. The molecular weight excluding hydrogens is 464 g/mol. The van der Waals surface area contributed by atoms with Crippen molar-refractivity contribution in [2.24, 2.45) is 0 Å². The van der Waals surface area contributed by atoms with E-state index >= 15 is 0 Å². The summed E-state index contributed by atoms with van der Waals surface area (Å²) in [7, 11) is 0. The molecule has 0 aromatic rings. The Morgan fingerprint density at radius 1 is 0.368 bits per heavy atom. The van der Waals surface area contributed by atoms with Crippen LogP contribution in [0.5, 0.6) is 0 Å². The second-order valence-corrected chi connectivity index (χ2v) is 12.2. The Balaban J connectivity index is 4.32. The molecule has 0 radical (unpaired) electrons. The minimum absolute atomic E-state index is 0.322. The average Bonchev–Trinajstić information content (AvgIpc) is 2.90. The van der Waals surface area contributed by atoms with Crippen LogP contribution >= 0.6 is 0 Å². The molecule has 0 spiro atoms. The van der Waals surface area contributed by atoms with Crippen molar-refractivity contribution in [3.8, 4) is 0 Å². The molecule has 0 rings (SSSR count). The number of hydrogen-bond acceptors (Lipinski definition) is 3. The Hall–Kier alpha value is -0.410. The first-order valence-electron chi connectivity index (χ1n) is 17.6. The topological polar surface area (TPSA) is 23.6 Å². The largest absolute Gasteiger partial charge is 0.302 e. The summed E-state index contributed by atoms with van der Waals surface area (Å²) in [5.74, 6) is 0.322. The molecule has 0 aliphatic carbocycles. The van der Waals surface area contributed by atoms with Crippen molar-refractivity contribution in [3.63, 3.8) is 0 Å². The van der Waals surface area contributed by atoms with E-state index in [1.54, 1.807) is 6.92 Å². The summed E-state index contributed by atoms with van der Waals surface area (Å²) >= 11 is 0. The van der Waals surface area contributed by atoms with Gasteiger partial charge >= 0.3 is 0 Å². The molecule has 0 aliphatic heterocycles. The van der Waals surface area contributed by atoms with Crippen molar-refractivity contribution in [2.45, 2.75) is 182 Å². The summed E-state index contributed by atoms with van der Waals surface area (Å²) in [5.41, 5.74) is 0. The third-order valence-electron chi connectivity index (χ3n) is 8.16. The Labute approximate surface area is 241 Å². The minimum Gasteiger partial charge on any atom is -0.302 e. The molecule has 0 atom stereocenters. The Bertz CT molecular complexity index is 449. The fourth-order valence-electron chi connectivity index (χ4n) is 5.61. The van der Waals surface area contributed by atoms with Crippen molar-refractivity contribution < 1.29 is 4.79 Å². The fourth-order valence-corrected chi connectivity index (χ4v) is 5.61. The number of carbonyl (C=O) groups is 1. The van der Waals surface area contributed by atoms with Gasteiger partial charge < -0.3 is 4.90 Å². The Kier molecular flexibility index (Phi) is 30.8. The van der Waals surface area contributed by atoms with Gasteiger partial charge in [-0.25, -0.2) is 0 Å². The monoisotopic (exact) mass is 537 g/mol. The van der Waals surface area contributed by atoms with Crippen LogP contribution in [0.2, 0.25) is 0 Å². The lowest BCUT2D eigenvalue weighted by molar-refractivity contribution is -0.118. The first kappa shape index (κ1) is 37.6. The molecule has 0 saturated heterocycles. The Morgan fingerprint density at radius 3 is 0.947 bits per heavy atom. The van der Waals surface area contributed by atoms with Gasteiger partial charge in [0.15, 0.2) is 0 Å². The number of rotatable bonds is 32. The molecule has 0 aromatic carbocycles. The molecule has 0 aromatic heterocycles. The fraction of sp³-hybridized carbons (Fsp3) is 0.971. The lowest BCUT2D eigenvalue weighted by atomic mass is 10.1. The number of ketones is 1. The van der Waals surface area contributed by atoms with E-state index in [1.165, 1.54) is 167 Å². The summed E-state index contributed by atoms with van der Waals surface area (Å²) in [6.07, 6.45) is 33.1. The van der Waals surface area contributed by atoms with Gasteiger partial charge in [-0.1, -0.05) is 156 Å². The van der Waals surface area contributed by atoms with E-state index in [9.17, 15) is 4.79 Å². The predicted molar refractivity (Wildman–Crippen MR) is 171 cm³/mol. The predicted octanol–water partition coefficient (Wildman–Crippen LogP) is 10.6. The summed E-state index contributed by atoms with van der Waals surface area (Å²) in [5, 5.41) is 0. The molecule has 0 heterocycles. The van der Waals surface area contributed by atoms with E-state index < -0.39 is 0 Å². The zero-order valence-electron chi connectivity index (χ0n) is 27.0. The lowest BCUT2D eigenvalue weighted by Crippen LogP contribution is -2.38. The number of nitrogens with zero attached hydrogens (tertiary/aromatic N) is 2. The van der Waals surface area contributed by atoms with Gasteiger partial charge in [0.2, 0.25) is 0 Å². The molecule has 0 fully saturated rings. The first-order valence-corrected chi connectivity index (χ1v) is 17.6. The molecule has 0 unspecified atom stereocenters. The van der Waals surface area contributed by atoms with Crippen LogP contribution in [0.4, 0.5) is 0 Å². The van der Waals surface area contributed by atoms with E-state index in [2.05, 4.69) is 30.6 Å². The summed E-state index contributed by atoms with van der Waals surface area (Å²) < 4.78 is 0. The molecule has 3 nitrogen and oxygen atoms in total. The molecule has 38 heavy (non-hydrogen) atoms. The van der Waals surface area contributed by atoms with Crippen molar-refractivity contribution in [2.75, 3.05) is 39.3 Å². The van der Waals surface area contributed by atoms with E-state index in [4.69, 9.17) is 0 Å². The third kappa shape index (κ3) is 28.6. The van der Waals surface area contributed by atoms with Crippen LogP contribution in [0.3, 0.4) is 0 Å². The van der Waals surface area contributed by atoms with Gasteiger partial charge in [0.25, 0.3) is 0 Å². The molecule has 0 aliphatic rings. The van der Waals surface area contributed by atoms with E-state index in [0.29, 0.717) is 12.3 Å². The van der Waals surface area contributed by atoms with Crippen molar-refractivity contribution in [1.29, 1.82) is 0 Å². The van der Waals surface area contributed by atoms with Crippen LogP contribution in [-0.4, -0.2) is 54.9 Å². The van der Waals surface area contributed by atoms with Gasteiger partial charge in [0.05, 0.1) is 6.54 Å². The van der Waals surface area contributed by atoms with Crippen LogP contribution in [-0.2, 0) is 4.79 Å². The van der Waals surface area contributed by atoms with Gasteiger partial charge in [0.1, 0.15) is 5.78 Å². The van der Waals surface area contributed by atoms with Gasteiger partial charge in [-0.05, 0) is 45.8 Å². The summed E-state index contributed by atoms with van der Waals surface area (Å²) in [6, 6.07) is 0. The number of Topliss-reactive ketones (excluding diaryl/α,β-unsaturated/α-hetero) is 1. The molecule has 228 valence electrons. The van der Waals surface area contributed by atoms with Crippen LogP contribution in [0.25, 0.3) is 0 Å². The highest BCUT2D eigenvalue weighted by Gasteiger charge is 2.11. The maximum atomic E-state index is 12.0. The highest BCUT2D eigenvalue weighted by Crippen LogP contribution is 2.12. The maximum absolute atomic E-state index is 12.0. The first-order chi connectivity index (χ1) is 18.6. The van der Waals surface area contributed by atoms with Crippen molar-refractivity contribution in [1.82, 2.24) is 9.80 Å². The van der Waals surface area contributed by atoms with Crippen molar-refractivity contribution in [3.05, 3.63) is 0 Å². The van der Waals surface area contributed by atoms with E-state index in [0.717, 1.165) is 19.6 Å². The second-order valence-electron chi connectivity index (χ2n) is 12.2. The van der Waals surface area contributed by atoms with Gasteiger partial charge in [0, 0.05) is 13.1 Å². The van der Waals surface area contributed by atoms with Gasteiger partial charge in [-0.3, -0.25) is 9.69 Å². The average molecular weight is 537 g/mol. The van der Waals surface area contributed by atoms with E-state index in [-0.39, 0.29) is 0 Å². The maximum Gasteiger partial charge on any atom is 0.143 e. The molecule has 0 amide bonds. The van der Waals surface area contributed by atoms with Crippen molar-refractivity contribution >= 4 is 5.78 Å². The number of carbonyl (C=O) groups excluding carboxylic acids is 1. The molecule has 0 N–H and O–H groups in total. The van der Waals surface area contributed by atoms with Gasteiger partial charge in [-0.15, -0.1) is 0 Å². The highest BCUT2D eigenvalue weighted by molar-refractivity contribution is 5.77. The van der Waals surface area contributed by atoms with Crippen LogP contribution in [0.15, 0.2) is 0 Å². The SMILES string of the molecule is CCCCCCCCCCCCN(CCN(CCCCCCCCC)CCCCCCCCC)CC(C)=O. The number of hydrogen-bond donors (Lipinski definition) is 0. The molecule has 0 saturated carbocycles. The zero-order valence-corrected chi connectivity index (χ0v) is 27.0. The van der Waals surface area contributed by atoms with Crippen LogP contribution < -0.4 is 0 Å². The molecule has 3 heteroatoms. The number of unbranched alkanes of at least 4 members (excludes halogenated alkanes) is 21.